The summed E-state index contributed by atoms with van der Waals surface area (Å²) in [5, 5.41) is -0.375. The average molecular weight is 416 g/mol. The van der Waals surface area contributed by atoms with E-state index in [-0.39, 0.29) is 23.7 Å². The van der Waals surface area contributed by atoms with Crippen LogP contribution < -0.4 is 0 Å². The van der Waals surface area contributed by atoms with Gasteiger partial charge in [-0.15, -0.1) is 11.8 Å². The lowest BCUT2D eigenvalue weighted by atomic mass is 9.92. The van der Waals surface area contributed by atoms with Crippen molar-refractivity contribution in [3.05, 3.63) is 58.0 Å². The van der Waals surface area contributed by atoms with Crippen LogP contribution in [0.25, 0.3) is 0 Å². The first kappa shape index (κ1) is 21.2. The number of hydrogen-bond acceptors (Lipinski definition) is 6. The Balaban J connectivity index is 1.72. The number of ether oxygens (including phenoxy) is 1. The molecule has 2 heterocycles. The number of furan rings is 1. The van der Waals surface area contributed by atoms with E-state index >= 15 is 0 Å². The molecule has 2 aromatic rings. The third-order valence-corrected chi connectivity index (χ3v) is 6.69. The zero-order chi connectivity index (χ0) is 21.3. The maximum absolute atomic E-state index is 12.8. The van der Waals surface area contributed by atoms with E-state index in [1.807, 2.05) is 33.8 Å². The third kappa shape index (κ3) is 4.10. The summed E-state index contributed by atoms with van der Waals surface area (Å²) in [5.41, 5.74) is 4.55. The molecule has 3 rings (SSSR count). The third-order valence-electron chi connectivity index (χ3n) is 5.40. The van der Waals surface area contributed by atoms with Gasteiger partial charge in [-0.1, -0.05) is 6.07 Å². The van der Waals surface area contributed by atoms with Gasteiger partial charge in [-0.25, -0.2) is 4.79 Å². The molecule has 29 heavy (non-hydrogen) atoms. The smallest absolute Gasteiger partial charge is 0.330 e. The van der Waals surface area contributed by atoms with Gasteiger partial charge in [0, 0.05) is 18.2 Å². The fourth-order valence-electron chi connectivity index (χ4n) is 3.74. The Morgan fingerprint density at radius 1 is 1.17 bits per heavy atom. The summed E-state index contributed by atoms with van der Waals surface area (Å²) >= 11 is 1.44. The van der Waals surface area contributed by atoms with E-state index in [9.17, 15) is 14.4 Å². The van der Waals surface area contributed by atoms with E-state index in [4.69, 9.17) is 9.15 Å². The van der Waals surface area contributed by atoms with Crippen molar-refractivity contribution in [3.63, 3.8) is 0 Å². The van der Waals surface area contributed by atoms with Crippen LogP contribution in [0.2, 0.25) is 0 Å². The first-order chi connectivity index (χ1) is 13.7. The molecule has 0 radical (unpaired) electrons. The number of rotatable bonds is 5. The average Bonchev–Trinajstić information content (AvgIpc) is 3.33. The number of ketones is 1. The topological polar surface area (TPSA) is 76.8 Å². The lowest BCUT2D eigenvalue weighted by molar-refractivity contribution is -0.152. The second-order valence-corrected chi connectivity index (χ2v) is 8.42. The second-order valence-electron chi connectivity index (χ2n) is 7.31. The van der Waals surface area contributed by atoms with Crippen molar-refractivity contribution in [3.8, 4) is 0 Å². The number of nitrogens with zero attached hydrogens (tertiary/aromatic N) is 1. The van der Waals surface area contributed by atoms with Gasteiger partial charge in [0.05, 0.1) is 6.26 Å². The molecule has 6 nitrogen and oxygen atoms in total. The molecule has 154 valence electrons. The summed E-state index contributed by atoms with van der Waals surface area (Å²) in [6.45, 7) is 8.84. The highest BCUT2D eigenvalue weighted by Gasteiger charge is 2.43. The summed E-state index contributed by atoms with van der Waals surface area (Å²) < 4.78 is 10.8. The fourth-order valence-corrected chi connectivity index (χ4v) is 5.16. The number of benzene rings is 1. The van der Waals surface area contributed by atoms with Crippen LogP contribution in [0.5, 0.6) is 0 Å². The van der Waals surface area contributed by atoms with E-state index < -0.39 is 12.0 Å². The number of aryl methyl sites for hydroxylation is 2. The van der Waals surface area contributed by atoms with E-state index in [2.05, 4.69) is 0 Å². The first-order valence-corrected chi connectivity index (χ1v) is 10.5. The van der Waals surface area contributed by atoms with Gasteiger partial charge in [-0.05, 0) is 62.1 Å². The van der Waals surface area contributed by atoms with Crippen molar-refractivity contribution < 1.29 is 23.5 Å². The lowest BCUT2D eigenvalue weighted by Crippen LogP contribution is -2.43. The van der Waals surface area contributed by atoms with Crippen LogP contribution in [0.15, 0.2) is 28.9 Å². The van der Waals surface area contributed by atoms with Gasteiger partial charge < -0.3 is 14.1 Å². The second kappa shape index (κ2) is 8.45. The van der Waals surface area contributed by atoms with Crippen molar-refractivity contribution in [2.24, 2.45) is 0 Å². The van der Waals surface area contributed by atoms with Gasteiger partial charge in [-0.3, -0.25) is 9.59 Å². The number of Topliss-reactive ketones (excluding diaryl/α,β-unsaturated/α-hetero) is 1. The minimum atomic E-state index is -0.748. The Morgan fingerprint density at radius 2 is 1.90 bits per heavy atom. The highest BCUT2D eigenvalue weighted by molar-refractivity contribution is 7.99. The summed E-state index contributed by atoms with van der Waals surface area (Å²) in [7, 11) is 0. The van der Waals surface area contributed by atoms with Gasteiger partial charge in [0.1, 0.15) is 17.2 Å². The molecule has 1 aliphatic heterocycles. The van der Waals surface area contributed by atoms with Crippen LogP contribution >= 0.6 is 11.8 Å². The zero-order valence-electron chi connectivity index (χ0n) is 17.3. The van der Waals surface area contributed by atoms with Crippen molar-refractivity contribution >= 4 is 29.4 Å². The largest absolute Gasteiger partial charge is 0.466 e. The number of carbonyl (C=O) groups excluding carboxylic acids is 3. The molecular weight excluding hydrogens is 390 g/mol. The molecule has 1 aromatic carbocycles. The van der Waals surface area contributed by atoms with E-state index in [1.165, 1.54) is 29.8 Å². The van der Waals surface area contributed by atoms with Gasteiger partial charge >= 0.3 is 5.97 Å². The molecule has 2 atom stereocenters. The molecule has 7 heteroatoms. The maximum atomic E-state index is 12.8. The molecule has 1 amide bonds. The van der Waals surface area contributed by atoms with Crippen LogP contribution in [-0.4, -0.2) is 41.0 Å². The molecule has 0 bridgehead atoms. The van der Waals surface area contributed by atoms with E-state index in [0.717, 1.165) is 22.3 Å². The Labute approximate surface area is 174 Å². The Morgan fingerprint density at radius 3 is 2.52 bits per heavy atom. The summed E-state index contributed by atoms with van der Waals surface area (Å²) in [6.07, 6.45) is 1.53. The molecule has 1 fully saturated rings. The lowest BCUT2D eigenvalue weighted by Gasteiger charge is -2.25. The predicted molar refractivity (Wildman–Crippen MR) is 111 cm³/mol. The Hall–Kier alpha value is -2.54. The van der Waals surface area contributed by atoms with Crippen molar-refractivity contribution in [1.82, 2.24) is 4.90 Å². The maximum Gasteiger partial charge on any atom is 0.330 e. The minimum absolute atomic E-state index is 0.237. The molecule has 1 aliphatic rings. The summed E-state index contributed by atoms with van der Waals surface area (Å²) in [5.74, 6) is -0.0589. The standard InChI is InChI=1S/C22H25NO5S/c1-12-9-13(2)20(15(4)14(12)3)18(25)10-28-22(26)17-11-29-21(23(17)16(5)24)19-7-6-8-27-19/h6-9,17,21H,10-11H2,1-5H3/t17-,21-/m0/s1. The van der Waals surface area contributed by atoms with Gasteiger partial charge in [0.2, 0.25) is 11.7 Å². The summed E-state index contributed by atoms with van der Waals surface area (Å²) in [6, 6.07) is 4.74. The Kier molecular flexibility index (Phi) is 6.17. The number of amides is 1. The minimum Gasteiger partial charge on any atom is -0.466 e. The zero-order valence-corrected chi connectivity index (χ0v) is 18.1. The normalized spacial score (nSPS) is 18.7. The SMILES string of the molecule is CC(=O)N1[C@H](C(=O)OCC(=O)c2c(C)cc(C)c(C)c2C)CS[C@H]1c1ccco1. The number of hydrogen-bond donors (Lipinski definition) is 0. The van der Waals surface area contributed by atoms with Crippen LogP contribution in [0.3, 0.4) is 0 Å². The van der Waals surface area contributed by atoms with Crippen LogP contribution in [0.1, 0.15) is 50.7 Å². The Bertz CT molecular complexity index is 951. The quantitative estimate of drug-likeness (QED) is 0.544. The molecule has 0 spiro atoms. The number of carbonyl (C=O) groups is 3. The predicted octanol–water partition coefficient (Wildman–Crippen LogP) is 3.90. The summed E-state index contributed by atoms with van der Waals surface area (Å²) in [4.78, 5) is 39.1. The molecule has 0 saturated carbocycles. The highest BCUT2D eigenvalue weighted by atomic mass is 32.2. The van der Waals surface area contributed by atoms with E-state index in [0.29, 0.717) is 17.1 Å². The molecule has 1 aromatic heterocycles. The monoisotopic (exact) mass is 415 g/mol. The van der Waals surface area contributed by atoms with Crippen molar-refractivity contribution in [2.45, 2.75) is 46.0 Å². The van der Waals surface area contributed by atoms with Crippen LogP contribution in [-0.2, 0) is 14.3 Å². The molecular formula is C22H25NO5S. The van der Waals surface area contributed by atoms with Gasteiger partial charge in [0.25, 0.3) is 0 Å². The van der Waals surface area contributed by atoms with Crippen LogP contribution in [0, 0.1) is 27.7 Å². The molecule has 0 aliphatic carbocycles. The number of esters is 1. The highest BCUT2D eigenvalue weighted by Crippen LogP contribution is 2.41. The van der Waals surface area contributed by atoms with Crippen molar-refractivity contribution in [2.75, 3.05) is 12.4 Å². The van der Waals surface area contributed by atoms with E-state index in [1.54, 1.807) is 12.1 Å². The molecule has 0 unspecified atom stereocenters. The van der Waals surface area contributed by atoms with Gasteiger partial charge in [0.15, 0.2) is 6.61 Å². The molecule has 1 saturated heterocycles. The number of thioether (sulfide) groups is 1. The fraction of sp³-hybridized carbons (Fsp3) is 0.409. The first-order valence-electron chi connectivity index (χ1n) is 9.43. The van der Waals surface area contributed by atoms with Gasteiger partial charge in [-0.2, -0.15) is 0 Å². The van der Waals surface area contributed by atoms with Crippen LogP contribution in [0.4, 0.5) is 0 Å². The van der Waals surface area contributed by atoms with Crippen molar-refractivity contribution in [1.29, 1.82) is 0 Å². The molecule has 0 N–H and O–H groups in total.